The number of nitrogens with two attached hydrogens (primary N) is 3. The monoisotopic (exact) mass is 688 g/mol. The summed E-state index contributed by atoms with van der Waals surface area (Å²) in [5, 5.41) is 19.7. The van der Waals surface area contributed by atoms with Gasteiger partial charge in [0, 0.05) is 67.2 Å². The predicted molar refractivity (Wildman–Crippen MR) is 174 cm³/mol. The number of guanidine groups is 1. The maximum Gasteiger partial charge on any atom is 0.327 e. The Bertz CT molecular complexity index is 1490. The SMILES string of the molecule is NC(N)=NCCC[C@H](N)C(=O)N[C@@H](Cc1cnc[nH]1)C(=O)N[C@@H](Cc1cnc[nH]1)C(=O)N[C@@H](Cc1cnc[nH]1)C(=O)N[C@@H](CS)C(=O)O. The Morgan fingerprint density at radius 3 is 1.46 bits per heavy atom. The number of imidazole rings is 3. The fourth-order valence-corrected chi connectivity index (χ4v) is 4.66. The smallest absolute Gasteiger partial charge is 0.327 e. The number of nitrogens with one attached hydrogen (secondary N) is 7. The zero-order valence-corrected chi connectivity index (χ0v) is 26.7. The molecule has 0 aliphatic heterocycles. The Hall–Kier alpha value is -5.44. The summed E-state index contributed by atoms with van der Waals surface area (Å²) in [4.78, 5) is 89.5. The summed E-state index contributed by atoms with van der Waals surface area (Å²) in [6, 6.07) is -6.08. The molecule has 3 aromatic rings. The molecule has 20 nitrogen and oxygen atoms in total. The van der Waals surface area contributed by atoms with Gasteiger partial charge in [-0.05, 0) is 12.8 Å². The van der Waals surface area contributed by atoms with Crippen LogP contribution in [0.4, 0.5) is 0 Å². The highest BCUT2D eigenvalue weighted by molar-refractivity contribution is 7.80. The first-order chi connectivity index (χ1) is 23.0. The van der Waals surface area contributed by atoms with Gasteiger partial charge >= 0.3 is 5.97 Å². The molecule has 0 saturated carbocycles. The third-order valence-corrected chi connectivity index (χ3v) is 7.30. The first kappa shape index (κ1) is 37.0. The standard InChI is InChI=1S/C27H40N14O6S/c28-17(2-1-3-34-27(29)30)22(42)38-18(4-14-7-31-11-35-14)23(43)39-19(5-15-8-32-12-36-15)24(44)40-20(6-16-9-33-13-37-16)25(45)41-21(10-48)26(46)47/h7-9,11-13,17-21,48H,1-6,10,28H2,(H,31,35)(H,32,36)(H,33,37)(H,38,42)(H,39,43)(H,40,44)(H,41,45)(H,46,47)(H4,29,30,34)/t17-,18-,19-,20-,21-/m0/s1. The number of hydrogen-bond acceptors (Lipinski definition) is 11. The quantitative estimate of drug-likeness (QED) is 0.0235. The third kappa shape index (κ3) is 12.1. The second-order valence-electron chi connectivity index (χ2n) is 10.7. The number of aromatic amines is 3. The summed E-state index contributed by atoms with van der Waals surface area (Å²) < 4.78 is 0. The molecule has 4 amide bonds. The van der Waals surface area contributed by atoms with Gasteiger partial charge in [0.05, 0.1) is 25.0 Å². The molecule has 0 fully saturated rings. The van der Waals surface area contributed by atoms with E-state index in [9.17, 15) is 29.1 Å². The minimum Gasteiger partial charge on any atom is -0.480 e. The summed E-state index contributed by atoms with van der Waals surface area (Å²) in [5.74, 6) is -4.54. The Kier molecular flexibility index (Phi) is 14.4. The van der Waals surface area contributed by atoms with E-state index < -0.39 is 59.8 Å². The van der Waals surface area contributed by atoms with E-state index in [4.69, 9.17) is 17.2 Å². The molecule has 3 rings (SSSR count). The van der Waals surface area contributed by atoms with Gasteiger partial charge in [-0.2, -0.15) is 12.6 Å². The molecular weight excluding hydrogens is 648 g/mol. The van der Waals surface area contributed by atoms with Gasteiger partial charge in [0.15, 0.2) is 5.96 Å². The number of H-pyrrole nitrogens is 3. The van der Waals surface area contributed by atoms with Crippen LogP contribution in [0.1, 0.15) is 29.9 Å². The minimum absolute atomic E-state index is 0.0259. The maximum absolute atomic E-state index is 13.8. The van der Waals surface area contributed by atoms with E-state index >= 15 is 0 Å². The molecule has 5 atom stereocenters. The van der Waals surface area contributed by atoms with Crippen LogP contribution in [0.3, 0.4) is 0 Å². The molecule has 0 bridgehead atoms. The van der Waals surface area contributed by atoms with Gasteiger partial charge < -0.3 is 58.5 Å². The Balaban J connectivity index is 1.81. The maximum atomic E-state index is 13.8. The van der Waals surface area contributed by atoms with Crippen molar-refractivity contribution in [3.8, 4) is 0 Å². The lowest BCUT2D eigenvalue weighted by molar-refractivity contribution is -0.141. The number of nitrogens with zero attached hydrogens (tertiary/aromatic N) is 4. The lowest BCUT2D eigenvalue weighted by atomic mass is 10.1. The average molecular weight is 689 g/mol. The largest absolute Gasteiger partial charge is 0.480 e. The molecule has 0 spiro atoms. The number of amides is 4. The van der Waals surface area contributed by atoms with Crippen molar-refractivity contribution in [2.75, 3.05) is 12.3 Å². The summed E-state index contributed by atoms with van der Waals surface area (Å²) in [7, 11) is 0. The molecule has 0 unspecified atom stereocenters. The van der Waals surface area contributed by atoms with Crippen LogP contribution in [0.5, 0.6) is 0 Å². The number of thiol groups is 1. The fourth-order valence-electron chi connectivity index (χ4n) is 4.41. The summed E-state index contributed by atoms with van der Waals surface area (Å²) in [5.41, 5.74) is 18.2. The Morgan fingerprint density at radius 2 is 1.12 bits per heavy atom. The van der Waals surface area contributed by atoms with Crippen molar-refractivity contribution in [3.63, 3.8) is 0 Å². The van der Waals surface area contributed by atoms with Crippen molar-refractivity contribution in [2.24, 2.45) is 22.2 Å². The van der Waals surface area contributed by atoms with E-state index in [0.29, 0.717) is 23.5 Å². The van der Waals surface area contributed by atoms with Gasteiger partial charge in [-0.25, -0.2) is 19.7 Å². The minimum atomic E-state index is -1.33. The number of carboxylic acids is 1. The number of carbonyl (C=O) groups is 5. The molecule has 3 aromatic heterocycles. The zero-order valence-electron chi connectivity index (χ0n) is 25.8. The van der Waals surface area contributed by atoms with Gasteiger partial charge in [0.2, 0.25) is 23.6 Å². The van der Waals surface area contributed by atoms with E-state index in [1.54, 1.807) is 0 Å². The molecule has 0 saturated heterocycles. The van der Waals surface area contributed by atoms with Crippen LogP contribution < -0.4 is 38.5 Å². The van der Waals surface area contributed by atoms with Crippen LogP contribution in [0.25, 0.3) is 0 Å². The van der Waals surface area contributed by atoms with Crippen LogP contribution in [0.2, 0.25) is 0 Å². The summed E-state index contributed by atoms with van der Waals surface area (Å²) in [6.07, 6.45) is 8.99. The molecular formula is C27H40N14O6S. The summed E-state index contributed by atoms with van der Waals surface area (Å²) in [6.45, 7) is 0.261. The first-order valence-electron chi connectivity index (χ1n) is 14.7. The van der Waals surface area contributed by atoms with Crippen molar-refractivity contribution in [1.82, 2.24) is 51.2 Å². The van der Waals surface area contributed by atoms with Crippen LogP contribution in [-0.4, -0.2) is 113 Å². The van der Waals surface area contributed by atoms with E-state index in [1.807, 2.05) is 0 Å². The van der Waals surface area contributed by atoms with Crippen LogP contribution in [0.15, 0.2) is 42.6 Å². The highest BCUT2D eigenvalue weighted by Gasteiger charge is 2.32. The lowest BCUT2D eigenvalue weighted by Gasteiger charge is -2.26. The predicted octanol–water partition coefficient (Wildman–Crippen LogP) is -3.78. The van der Waals surface area contributed by atoms with Crippen molar-refractivity contribution in [3.05, 3.63) is 54.7 Å². The molecule has 0 aliphatic rings. The number of aliphatic imine (C=N–C) groups is 1. The van der Waals surface area contributed by atoms with Crippen LogP contribution >= 0.6 is 12.6 Å². The Morgan fingerprint density at radius 1 is 0.729 bits per heavy atom. The normalized spacial score (nSPS) is 14.0. The van der Waals surface area contributed by atoms with Gasteiger partial charge in [-0.1, -0.05) is 0 Å². The topological polar surface area (TPSA) is 330 Å². The van der Waals surface area contributed by atoms with Crippen molar-refractivity contribution in [1.29, 1.82) is 0 Å². The molecule has 0 aliphatic carbocycles. The molecule has 21 heteroatoms. The highest BCUT2D eigenvalue weighted by Crippen LogP contribution is 2.07. The molecule has 0 aromatic carbocycles. The molecule has 260 valence electrons. The van der Waals surface area contributed by atoms with Gasteiger partial charge in [-0.15, -0.1) is 0 Å². The number of carbonyl (C=O) groups excluding carboxylic acids is 4. The van der Waals surface area contributed by atoms with E-state index in [-0.39, 0.29) is 43.9 Å². The second kappa shape index (κ2) is 18.6. The summed E-state index contributed by atoms with van der Waals surface area (Å²) >= 11 is 3.98. The molecule has 48 heavy (non-hydrogen) atoms. The lowest BCUT2D eigenvalue weighted by Crippen LogP contribution is -2.59. The first-order valence-corrected chi connectivity index (χ1v) is 15.4. The number of aromatic nitrogens is 6. The van der Waals surface area contributed by atoms with E-state index in [1.165, 1.54) is 37.6 Å². The number of carboxylic acid groups (broad SMARTS) is 1. The van der Waals surface area contributed by atoms with Crippen molar-refractivity contribution in [2.45, 2.75) is 62.3 Å². The zero-order chi connectivity index (χ0) is 35.1. The van der Waals surface area contributed by atoms with E-state index in [0.717, 1.165) is 0 Å². The number of rotatable bonds is 20. The van der Waals surface area contributed by atoms with Gasteiger partial charge in [0.1, 0.15) is 24.2 Å². The number of hydrogen-bond donors (Lipinski definition) is 12. The fraction of sp³-hybridized carbons (Fsp3) is 0.444. The van der Waals surface area contributed by atoms with Crippen molar-refractivity contribution < 1.29 is 29.1 Å². The second-order valence-corrected chi connectivity index (χ2v) is 11.0. The van der Waals surface area contributed by atoms with Crippen LogP contribution in [0, 0.1) is 0 Å². The third-order valence-electron chi connectivity index (χ3n) is 6.94. The van der Waals surface area contributed by atoms with Crippen molar-refractivity contribution >= 4 is 48.2 Å². The highest BCUT2D eigenvalue weighted by atomic mass is 32.1. The number of aliphatic carboxylic acids is 1. The van der Waals surface area contributed by atoms with Crippen LogP contribution in [-0.2, 0) is 43.2 Å². The average Bonchev–Trinajstić information content (AvgIpc) is 3.85. The Labute approximate surface area is 279 Å². The van der Waals surface area contributed by atoms with Gasteiger partial charge in [0.25, 0.3) is 0 Å². The molecule has 14 N–H and O–H groups in total. The van der Waals surface area contributed by atoms with E-state index in [2.05, 4.69) is 68.8 Å². The molecule has 0 radical (unpaired) electrons. The molecule has 3 heterocycles. The van der Waals surface area contributed by atoms with Gasteiger partial charge in [-0.3, -0.25) is 24.2 Å².